The molecule has 0 bridgehead atoms. The molecule has 174 valence electrons. The van der Waals surface area contributed by atoms with E-state index in [0.717, 1.165) is 40.6 Å². The zero-order chi connectivity index (χ0) is 23.3. The summed E-state index contributed by atoms with van der Waals surface area (Å²) >= 11 is 1.28. The monoisotopic (exact) mass is 479 g/mol. The number of aromatic nitrogens is 2. The summed E-state index contributed by atoms with van der Waals surface area (Å²) in [4.78, 5) is 26.2. The number of thiophene rings is 1. The van der Waals surface area contributed by atoms with Gasteiger partial charge < -0.3 is 20.8 Å². The first-order valence-corrected chi connectivity index (χ1v) is 11.3. The maximum atomic E-state index is 13.8. The number of fused-ring (bicyclic) bond motifs is 2. The van der Waals surface area contributed by atoms with E-state index in [1.54, 1.807) is 12.1 Å². The molecule has 3 aromatic rings. The maximum absolute atomic E-state index is 13.8. The summed E-state index contributed by atoms with van der Waals surface area (Å²) in [6, 6.07) is 0.438. The van der Waals surface area contributed by atoms with Crippen molar-refractivity contribution in [3.05, 3.63) is 51.9 Å². The SMILES string of the molecule is NC(=O)c1c(NC(=O)c2cnn3c2NC(c2ccco2)CC3C(F)(F)F)sc2c1CCCC2. The number of carbonyl (C=O) groups is 2. The van der Waals surface area contributed by atoms with Crippen LogP contribution in [0.3, 0.4) is 0 Å². The molecular formula is C21H20F3N5O3S. The van der Waals surface area contributed by atoms with Crippen molar-refractivity contribution in [1.29, 1.82) is 0 Å². The van der Waals surface area contributed by atoms with Crippen LogP contribution in [0, 0.1) is 0 Å². The standard InChI is InChI=1S/C21H20F3N5O3S/c22-21(23,24)15-8-12(13-5-3-7-32-13)27-18-11(9-26-29(15)18)19(31)28-20-16(17(25)30)10-4-1-2-6-14(10)33-20/h3,5,7,9,12,15,27H,1-2,4,6,8H2,(H2,25,30)(H,28,31). The topological polar surface area (TPSA) is 115 Å². The summed E-state index contributed by atoms with van der Waals surface area (Å²) < 4.78 is 47.5. The summed E-state index contributed by atoms with van der Waals surface area (Å²) in [5, 5.41) is 9.82. The fraction of sp³-hybridized carbons (Fsp3) is 0.381. The van der Waals surface area contributed by atoms with Gasteiger partial charge >= 0.3 is 6.18 Å². The van der Waals surface area contributed by atoms with E-state index in [9.17, 15) is 22.8 Å². The molecule has 2 amide bonds. The lowest BCUT2D eigenvalue weighted by Crippen LogP contribution is -2.36. The lowest BCUT2D eigenvalue weighted by molar-refractivity contribution is -0.174. The molecule has 33 heavy (non-hydrogen) atoms. The van der Waals surface area contributed by atoms with E-state index in [1.165, 1.54) is 17.6 Å². The summed E-state index contributed by atoms with van der Waals surface area (Å²) in [7, 11) is 0. The van der Waals surface area contributed by atoms with Crippen LogP contribution in [0.4, 0.5) is 24.0 Å². The molecule has 0 saturated heterocycles. The average molecular weight is 479 g/mol. The number of carbonyl (C=O) groups excluding carboxylic acids is 2. The van der Waals surface area contributed by atoms with E-state index in [0.29, 0.717) is 17.2 Å². The van der Waals surface area contributed by atoms with Gasteiger partial charge in [-0.15, -0.1) is 11.3 Å². The van der Waals surface area contributed by atoms with Gasteiger partial charge in [-0.05, 0) is 43.4 Å². The largest absolute Gasteiger partial charge is 0.467 e. The molecule has 0 radical (unpaired) electrons. The van der Waals surface area contributed by atoms with E-state index >= 15 is 0 Å². The Balaban J connectivity index is 1.50. The lowest BCUT2D eigenvalue weighted by Gasteiger charge is -2.32. The van der Waals surface area contributed by atoms with Crippen molar-refractivity contribution >= 4 is 34.0 Å². The van der Waals surface area contributed by atoms with Crippen LogP contribution in [-0.2, 0) is 12.8 Å². The summed E-state index contributed by atoms with van der Waals surface area (Å²) in [6.45, 7) is 0. The van der Waals surface area contributed by atoms with E-state index in [-0.39, 0.29) is 23.4 Å². The van der Waals surface area contributed by atoms with Crippen molar-refractivity contribution in [2.75, 3.05) is 10.6 Å². The number of hydrogen-bond donors (Lipinski definition) is 3. The maximum Gasteiger partial charge on any atom is 0.410 e. The number of alkyl halides is 3. The van der Waals surface area contributed by atoms with Gasteiger partial charge in [-0.3, -0.25) is 9.59 Å². The highest BCUT2D eigenvalue weighted by molar-refractivity contribution is 7.17. The van der Waals surface area contributed by atoms with Crippen LogP contribution in [0.25, 0.3) is 0 Å². The molecule has 4 heterocycles. The molecule has 2 unspecified atom stereocenters. The Morgan fingerprint density at radius 2 is 2.09 bits per heavy atom. The highest BCUT2D eigenvalue weighted by Gasteiger charge is 2.47. The fourth-order valence-electron chi connectivity index (χ4n) is 4.49. The van der Waals surface area contributed by atoms with Gasteiger partial charge in [0.15, 0.2) is 6.04 Å². The van der Waals surface area contributed by atoms with Crippen LogP contribution in [-0.4, -0.2) is 27.8 Å². The molecule has 0 spiro atoms. The van der Waals surface area contributed by atoms with Gasteiger partial charge in [0, 0.05) is 11.3 Å². The van der Waals surface area contributed by atoms with E-state index < -0.39 is 30.1 Å². The molecule has 1 aliphatic carbocycles. The third-order valence-electron chi connectivity index (χ3n) is 6.01. The van der Waals surface area contributed by atoms with Crippen molar-refractivity contribution in [1.82, 2.24) is 9.78 Å². The van der Waals surface area contributed by atoms with Gasteiger partial charge in [-0.1, -0.05) is 0 Å². The minimum Gasteiger partial charge on any atom is -0.467 e. The molecule has 2 aliphatic rings. The van der Waals surface area contributed by atoms with Gasteiger partial charge in [0.25, 0.3) is 11.8 Å². The van der Waals surface area contributed by atoms with Gasteiger partial charge in [0.1, 0.15) is 22.1 Å². The zero-order valence-corrected chi connectivity index (χ0v) is 18.1. The number of primary amides is 1. The first-order valence-electron chi connectivity index (χ1n) is 10.4. The minimum atomic E-state index is -4.58. The van der Waals surface area contributed by atoms with Crippen LogP contribution in [0.15, 0.2) is 29.0 Å². The van der Waals surface area contributed by atoms with E-state index in [1.807, 2.05) is 0 Å². The van der Waals surface area contributed by atoms with Gasteiger partial charge in [0.05, 0.1) is 24.1 Å². The van der Waals surface area contributed by atoms with E-state index in [4.69, 9.17) is 10.2 Å². The molecular weight excluding hydrogens is 459 g/mol. The smallest absolute Gasteiger partial charge is 0.410 e. The van der Waals surface area contributed by atoms with Crippen LogP contribution >= 0.6 is 11.3 Å². The Kier molecular flexibility index (Phi) is 5.19. The van der Waals surface area contributed by atoms with Crippen LogP contribution in [0.5, 0.6) is 0 Å². The lowest BCUT2D eigenvalue weighted by atomic mass is 9.95. The van der Waals surface area contributed by atoms with Crippen LogP contribution < -0.4 is 16.4 Å². The first kappa shape index (κ1) is 21.6. The fourth-order valence-corrected chi connectivity index (χ4v) is 5.78. The molecule has 0 aromatic carbocycles. The quantitative estimate of drug-likeness (QED) is 0.512. The Morgan fingerprint density at radius 1 is 1.30 bits per heavy atom. The van der Waals surface area contributed by atoms with Crippen molar-refractivity contribution in [3.8, 4) is 0 Å². The zero-order valence-electron chi connectivity index (χ0n) is 17.2. The number of anilines is 2. The molecule has 5 rings (SSSR count). The van der Waals surface area contributed by atoms with Crippen molar-refractivity contribution in [2.45, 2.75) is 50.4 Å². The predicted octanol–water partition coefficient (Wildman–Crippen LogP) is 4.43. The summed E-state index contributed by atoms with van der Waals surface area (Å²) in [5.41, 5.74) is 6.63. The molecule has 8 nitrogen and oxygen atoms in total. The molecule has 0 saturated carbocycles. The number of halogens is 3. The number of amides is 2. The summed E-state index contributed by atoms with van der Waals surface area (Å²) in [5.74, 6) is -1.06. The number of aryl methyl sites for hydroxylation is 1. The molecule has 12 heteroatoms. The van der Waals surface area contributed by atoms with Crippen LogP contribution in [0.2, 0.25) is 0 Å². The van der Waals surface area contributed by atoms with Crippen molar-refractivity contribution in [3.63, 3.8) is 0 Å². The van der Waals surface area contributed by atoms with Crippen molar-refractivity contribution in [2.24, 2.45) is 5.73 Å². The third-order valence-corrected chi connectivity index (χ3v) is 7.22. The number of furan rings is 1. The second-order valence-electron chi connectivity index (χ2n) is 8.09. The Morgan fingerprint density at radius 3 is 2.79 bits per heavy atom. The molecule has 4 N–H and O–H groups in total. The number of nitrogens with zero attached hydrogens (tertiary/aromatic N) is 2. The summed E-state index contributed by atoms with van der Waals surface area (Å²) in [6.07, 6.45) is 0.949. The highest BCUT2D eigenvalue weighted by Crippen LogP contribution is 2.45. The number of rotatable bonds is 4. The van der Waals surface area contributed by atoms with Gasteiger partial charge in [0.2, 0.25) is 0 Å². The number of nitrogens with two attached hydrogens (primary N) is 1. The highest BCUT2D eigenvalue weighted by atomic mass is 32.1. The molecule has 1 aliphatic heterocycles. The Bertz CT molecular complexity index is 1210. The number of nitrogens with one attached hydrogen (secondary N) is 2. The first-order chi connectivity index (χ1) is 15.7. The Hall–Kier alpha value is -3.28. The van der Waals surface area contributed by atoms with Gasteiger partial charge in [-0.2, -0.15) is 18.3 Å². The van der Waals surface area contributed by atoms with E-state index in [2.05, 4.69) is 15.7 Å². The Labute approximate surface area is 189 Å². The molecule has 0 fully saturated rings. The normalized spacial score (nSPS) is 20.0. The predicted molar refractivity (Wildman–Crippen MR) is 114 cm³/mol. The number of hydrogen-bond acceptors (Lipinski definition) is 6. The minimum absolute atomic E-state index is 0.0654. The third kappa shape index (κ3) is 3.77. The molecule has 2 atom stereocenters. The second kappa shape index (κ2) is 7.94. The van der Waals surface area contributed by atoms with Gasteiger partial charge in [-0.25, -0.2) is 4.68 Å². The van der Waals surface area contributed by atoms with Crippen LogP contribution in [0.1, 0.15) is 68.3 Å². The van der Waals surface area contributed by atoms with Crippen molar-refractivity contribution < 1.29 is 27.2 Å². The molecule has 3 aromatic heterocycles. The average Bonchev–Trinajstić information content (AvgIpc) is 3.49. The second-order valence-corrected chi connectivity index (χ2v) is 9.20.